The van der Waals surface area contributed by atoms with E-state index in [1.54, 1.807) is 18.6 Å². The average molecular weight is 172 g/mol. The van der Waals surface area contributed by atoms with Crippen molar-refractivity contribution >= 4 is 17.1 Å². The Labute approximate surface area is 75.4 Å². The minimum Gasteiger partial charge on any atom is -0.303 e. The topological polar surface area (TPSA) is 42.9 Å². The second-order valence-electron chi connectivity index (χ2n) is 2.77. The van der Waals surface area contributed by atoms with Crippen LogP contribution in [0.1, 0.15) is 5.69 Å². The van der Waals surface area contributed by atoms with E-state index in [-0.39, 0.29) is 0 Å². The Morgan fingerprint density at radius 3 is 3.08 bits per heavy atom. The van der Waals surface area contributed by atoms with Crippen LogP contribution in [0.4, 0.5) is 0 Å². The van der Waals surface area contributed by atoms with Crippen LogP contribution in [0, 0.1) is 0 Å². The number of rotatable bonds is 2. The van der Waals surface area contributed by atoms with Gasteiger partial charge in [-0.2, -0.15) is 0 Å². The van der Waals surface area contributed by atoms with Crippen LogP contribution < -0.4 is 0 Å². The highest BCUT2D eigenvalue weighted by Gasteiger charge is 1.96. The second kappa shape index (κ2) is 3.31. The molecule has 0 atom stereocenters. The zero-order valence-corrected chi connectivity index (χ0v) is 6.97. The summed E-state index contributed by atoms with van der Waals surface area (Å²) in [5, 5.41) is 2.07. The van der Waals surface area contributed by atoms with E-state index in [4.69, 9.17) is 0 Å². The molecule has 64 valence electrons. The van der Waals surface area contributed by atoms with Gasteiger partial charge in [-0.1, -0.05) is 0 Å². The van der Waals surface area contributed by atoms with Crippen LogP contribution in [0.5, 0.6) is 0 Å². The van der Waals surface area contributed by atoms with Crippen LogP contribution in [0.25, 0.3) is 10.8 Å². The first-order valence-electron chi connectivity index (χ1n) is 4.02. The van der Waals surface area contributed by atoms with E-state index in [0.717, 1.165) is 22.8 Å². The minimum atomic E-state index is 0.373. The molecule has 0 radical (unpaired) electrons. The van der Waals surface area contributed by atoms with Crippen molar-refractivity contribution in [3.8, 4) is 0 Å². The highest BCUT2D eigenvalue weighted by Crippen LogP contribution is 2.11. The fourth-order valence-electron chi connectivity index (χ4n) is 1.22. The molecule has 13 heavy (non-hydrogen) atoms. The number of hydrogen-bond donors (Lipinski definition) is 0. The monoisotopic (exact) mass is 172 g/mol. The van der Waals surface area contributed by atoms with E-state index in [9.17, 15) is 4.79 Å². The minimum absolute atomic E-state index is 0.373. The van der Waals surface area contributed by atoms with Crippen molar-refractivity contribution in [3.05, 3.63) is 36.4 Å². The van der Waals surface area contributed by atoms with E-state index in [2.05, 4.69) is 9.97 Å². The molecule has 3 nitrogen and oxygen atoms in total. The molecule has 0 unspecified atom stereocenters. The standard InChI is InChI=1S/C10H8N2O/c13-4-2-10-5-8-1-3-11-6-9(8)7-12-10/h1,3-7H,2H2. The Kier molecular flexibility index (Phi) is 2.00. The third-order valence-corrected chi connectivity index (χ3v) is 1.87. The molecule has 3 heteroatoms. The molecule has 2 heterocycles. The summed E-state index contributed by atoms with van der Waals surface area (Å²) < 4.78 is 0. The molecule has 0 fully saturated rings. The predicted octanol–water partition coefficient (Wildman–Crippen LogP) is 1.37. The fraction of sp³-hybridized carbons (Fsp3) is 0.100. The van der Waals surface area contributed by atoms with Crippen LogP contribution in [-0.4, -0.2) is 16.3 Å². The van der Waals surface area contributed by atoms with Crippen molar-refractivity contribution in [2.45, 2.75) is 6.42 Å². The largest absolute Gasteiger partial charge is 0.303 e. The van der Waals surface area contributed by atoms with Gasteiger partial charge in [0, 0.05) is 36.1 Å². The normalized spacial score (nSPS) is 10.2. The van der Waals surface area contributed by atoms with Gasteiger partial charge in [0.15, 0.2) is 0 Å². The Morgan fingerprint density at radius 1 is 1.31 bits per heavy atom. The Morgan fingerprint density at radius 2 is 2.23 bits per heavy atom. The van der Waals surface area contributed by atoms with Crippen LogP contribution in [0.2, 0.25) is 0 Å². The van der Waals surface area contributed by atoms with Crippen molar-refractivity contribution in [1.82, 2.24) is 9.97 Å². The van der Waals surface area contributed by atoms with Gasteiger partial charge in [-0.05, 0) is 17.5 Å². The van der Waals surface area contributed by atoms with Crippen LogP contribution in [0.3, 0.4) is 0 Å². The van der Waals surface area contributed by atoms with Gasteiger partial charge < -0.3 is 4.79 Å². The number of carbonyl (C=O) groups excluding carboxylic acids is 1. The second-order valence-corrected chi connectivity index (χ2v) is 2.77. The van der Waals surface area contributed by atoms with E-state index in [1.807, 2.05) is 12.1 Å². The maximum atomic E-state index is 10.3. The molecule has 0 aliphatic rings. The highest BCUT2D eigenvalue weighted by atomic mass is 16.1. The number of carbonyl (C=O) groups is 1. The molecule has 2 aromatic heterocycles. The summed E-state index contributed by atoms with van der Waals surface area (Å²) in [5.41, 5.74) is 0.800. The highest BCUT2D eigenvalue weighted by molar-refractivity contribution is 5.81. The summed E-state index contributed by atoms with van der Waals surface area (Å²) in [6, 6.07) is 3.82. The van der Waals surface area contributed by atoms with Gasteiger partial charge in [0.2, 0.25) is 0 Å². The zero-order chi connectivity index (χ0) is 9.10. The SMILES string of the molecule is O=CCc1cc2ccncc2cn1. The van der Waals surface area contributed by atoms with E-state index >= 15 is 0 Å². The molecule has 0 aromatic carbocycles. The summed E-state index contributed by atoms with van der Waals surface area (Å²) in [6.07, 6.45) is 6.45. The summed E-state index contributed by atoms with van der Waals surface area (Å²) in [6.45, 7) is 0. The molecule has 0 aliphatic carbocycles. The van der Waals surface area contributed by atoms with Gasteiger partial charge in [0.05, 0.1) is 0 Å². The van der Waals surface area contributed by atoms with E-state index in [1.165, 1.54) is 0 Å². The van der Waals surface area contributed by atoms with Crippen molar-refractivity contribution < 1.29 is 4.79 Å². The van der Waals surface area contributed by atoms with E-state index in [0.29, 0.717) is 6.42 Å². The molecule has 0 aliphatic heterocycles. The number of aldehydes is 1. The summed E-state index contributed by atoms with van der Waals surface area (Å²) >= 11 is 0. The fourth-order valence-corrected chi connectivity index (χ4v) is 1.22. The molecule has 0 saturated heterocycles. The average Bonchev–Trinajstić information content (AvgIpc) is 2.18. The maximum Gasteiger partial charge on any atom is 0.125 e. The smallest absolute Gasteiger partial charge is 0.125 e. The molecule has 0 saturated carbocycles. The van der Waals surface area contributed by atoms with Crippen LogP contribution in [-0.2, 0) is 11.2 Å². The van der Waals surface area contributed by atoms with Crippen molar-refractivity contribution in [2.24, 2.45) is 0 Å². The van der Waals surface area contributed by atoms with Gasteiger partial charge >= 0.3 is 0 Å². The van der Waals surface area contributed by atoms with Gasteiger partial charge in [-0.25, -0.2) is 0 Å². The van der Waals surface area contributed by atoms with Crippen molar-refractivity contribution in [3.63, 3.8) is 0 Å². The lowest BCUT2D eigenvalue weighted by Crippen LogP contribution is -1.90. The Balaban J connectivity index is 2.55. The van der Waals surface area contributed by atoms with Crippen LogP contribution >= 0.6 is 0 Å². The number of nitrogens with zero attached hydrogens (tertiary/aromatic N) is 2. The summed E-state index contributed by atoms with van der Waals surface area (Å²) in [4.78, 5) is 18.4. The van der Waals surface area contributed by atoms with Gasteiger partial charge in [-0.15, -0.1) is 0 Å². The zero-order valence-electron chi connectivity index (χ0n) is 6.97. The Bertz CT molecular complexity index is 440. The molecule has 0 bridgehead atoms. The molecule has 2 aromatic rings. The molecule has 0 N–H and O–H groups in total. The lowest BCUT2D eigenvalue weighted by molar-refractivity contribution is -0.107. The van der Waals surface area contributed by atoms with Crippen LogP contribution in [0.15, 0.2) is 30.7 Å². The summed E-state index contributed by atoms with van der Waals surface area (Å²) in [7, 11) is 0. The summed E-state index contributed by atoms with van der Waals surface area (Å²) in [5.74, 6) is 0. The third kappa shape index (κ3) is 1.54. The molecule has 2 rings (SSSR count). The molecule has 0 amide bonds. The molecule has 0 spiro atoms. The number of pyridine rings is 2. The lowest BCUT2D eigenvalue weighted by Gasteiger charge is -1.97. The van der Waals surface area contributed by atoms with Crippen molar-refractivity contribution in [2.75, 3.05) is 0 Å². The lowest BCUT2D eigenvalue weighted by atomic mass is 10.2. The number of hydrogen-bond acceptors (Lipinski definition) is 3. The van der Waals surface area contributed by atoms with Gasteiger partial charge in [0.25, 0.3) is 0 Å². The Hall–Kier alpha value is -1.77. The maximum absolute atomic E-state index is 10.3. The molecular formula is C10H8N2O. The first-order valence-corrected chi connectivity index (χ1v) is 4.02. The quantitative estimate of drug-likeness (QED) is 0.642. The third-order valence-electron chi connectivity index (χ3n) is 1.87. The van der Waals surface area contributed by atoms with Gasteiger partial charge in [-0.3, -0.25) is 9.97 Å². The van der Waals surface area contributed by atoms with Gasteiger partial charge in [0.1, 0.15) is 6.29 Å². The molecular weight excluding hydrogens is 164 g/mol. The number of aromatic nitrogens is 2. The number of fused-ring (bicyclic) bond motifs is 1. The predicted molar refractivity (Wildman–Crippen MR) is 49.3 cm³/mol. The first-order chi connectivity index (χ1) is 6.40. The van der Waals surface area contributed by atoms with Crippen molar-refractivity contribution in [1.29, 1.82) is 0 Å². The van der Waals surface area contributed by atoms with E-state index < -0.39 is 0 Å². The first kappa shape index (κ1) is 7.86.